The normalized spacial score (nSPS) is 11.8. The highest BCUT2D eigenvalue weighted by Gasteiger charge is 2.21. The van der Waals surface area contributed by atoms with Crippen LogP contribution in [0.15, 0.2) is 59.1 Å². The van der Waals surface area contributed by atoms with E-state index >= 15 is 0 Å². The number of aryl methyl sites for hydroxylation is 3. The summed E-state index contributed by atoms with van der Waals surface area (Å²) in [6, 6.07) is 16.9. The predicted molar refractivity (Wildman–Crippen MR) is 98.6 cm³/mol. The highest BCUT2D eigenvalue weighted by Crippen LogP contribution is 2.23. The Balaban J connectivity index is 1.88. The number of hydrogen-bond acceptors (Lipinski definition) is 4. The fraction of sp³-hybridized carbons (Fsp3) is 0.200. The molecule has 5 heteroatoms. The third-order valence-electron chi connectivity index (χ3n) is 3.81. The van der Waals surface area contributed by atoms with Crippen molar-refractivity contribution in [2.75, 3.05) is 10.6 Å². The highest BCUT2D eigenvalue weighted by molar-refractivity contribution is 5.96. The van der Waals surface area contributed by atoms with Crippen molar-refractivity contribution in [1.82, 2.24) is 5.16 Å². The zero-order chi connectivity index (χ0) is 17.8. The quantitative estimate of drug-likeness (QED) is 0.725. The molecule has 128 valence electrons. The number of rotatable bonds is 5. The van der Waals surface area contributed by atoms with Crippen LogP contribution in [0.1, 0.15) is 28.5 Å². The zero-order valence-electron chi connectivity index (χ0n) is 14.5. The van der Waals surface area contributed by atoms with E-state index in [-0.39, 0.29) is 5.91 Å². The Morgan fingerprint density at radius 3 is 2.28 bits per heavy atom. The number of nitrogens with zero attached hydrogens (tertiary/aromatic N) is 1. The molecule has 1 unspecified atom stereocenters. The summed E-state index contributed by atoms with van der Waals surface area (Å²) in [4.78, 5) is 12.8. The fourth-order valence-corrected chi connectivity index (χ4v) is 2.79. The molecule has 0 fully saturated rings. The zero-order valence-corrected chi connectivity index (χ0v) is 14.5. The maximum Gasteiger partial charge on any atom is 0.252 e. The predicted octanol–water partition coefficient (Wildman–Crippen LogP) is 4.39. The lowest BCUT2D eigenvalue weighted by molar-refractivity contribution is -0.117. The largest absolute Gasteiger partial charge is 0.370 e. The van der Waals surface area contributed by atoms with Crippen LogP contribution in [-0.2, 0) is 4.79 Å². The van der Waals surface area contributed by atoms with Crippen molar-refractivity contribution in [1.29, 1.82) is 0 Å². The topological polar surface area (TPSA) is 67.2 Å². The molecule has 1 heterocycles. The van der Waals surface area contributed by atoms with E-state index < -0.39 is 6.04 Å². The van der Waals surface area contributed by atoms with Gasteiger partial charge in [-0.15, -0.1) is 0 Å². The second-order valence-corrected chi connectivity index (χ2v) is 6.18. The van der Waals surface area contributed by atoms with E-state index in [1.165, 1.54) is 0 Å². The number of amides is 1. The van der Waals surface area contributed by atoms with Crippen molar-refractivity contribution in [2.24, 2.45) is 0 Å². The van der Waals surface area contributed by atoms with Gasteiger partial charge in [-0.2, -0.15) is 0 Å². The summed E-state index contributed by atoms with van der Waals surface area (Å²) in [5.74, 6) is 0.859. The molecule has 1 aromatic heterocycles. The standard InChI is InChI=1S/C20H21N3O2/c1-13-9-14(2)11-17(10-13)21-19(16-7-5-4-6-8-16)20(24)22-18-12-15(3)25-23-18/h4-12,19,21H,1-3H3,(H,22,23,24). The summed E-state index contributed by atoms with van der Waals surface area (Å²) in [5.41, 5.74) is 4.06. The monoisotopic (exact) mass is 335 g/mol. The highest BCUT2D eigenvalue weighted by atomic mass is 16.5. The second kappa shape index (κ2) is 7.21. The molecule has 2 aromatic carbocycles. The van der Waals surface area contributed by atoms with Crippen molar-refractivity contribution in [3.63, 3.8) is 0 Å². The van der Waals surface area contributed by atoms with Gasteiger partial charge in [0.1, 0.15) is 11.8 Å². The Morgan fingerprint density at radius 1 is 1.00 bits per heavy atom. The third-order valence-corrected chi connectivity index (χ3v) is 3.81. The van der Waals surface area contributed by atoms with Crippen molar-refractivity contribution in [3.05, 3.63) is 77.0 Å². The molecule has 0 saturated carbocycles. The van der Waals surface area contributed by atoms with E-state index in [1.807, 2.05) is 56.3 Å². The lowest BCUT2D eigenvalue weighted by Crippen LogP contribution is -2.27. The van der Waals surface area contributed by atoms with Gasteiger partial charge in [0.2, 0.25) is 0 Å². The molecule has 0 aliphatic heterocycles. The van der Waals surface area contributed by atoms with E-state index in [0.717, 1.165) is 22.4 Å². The van der Waals surface area contributed by atoms with Gasteiger partial charge in [-0.05, 0) is 49.6 Å². The maximum atomic E-state index is 12.8. The summed E-state index contributed by atoms with van der Waals surface area (Å²) in [6.45, 7) is 5.85. The van der Waals surface area contributed by atoms with Crippen LogP contribution in [0.25, 0.3) is 0 Å². The summed E-state index contributed by atoms with van der Waals surface area (Å²) in [7, 11) is 0. The second-order valence-electron chi connectivity index (χ2n) is 6.18. The Bertz CT molecular complexity index is 851. The van der Waals surface area contributed by atoms with Gasteiger partial charge in [0.15, 0.2) is 5.82 Å². The summed E-state index contributed by atoms with van der Waals surface area (Å²) >= 11 is 0. The molecule has 0 radical (unpaired) electrons. The van der Waals surface area contributed by atoms with Crippen LogP contribution < -0.4 is 10.6 Å². The van der Waals surface area contributed by atoms with Crippen LogP contribution in [0.5, 0.6) is 0 Å². The van der Waals surface area contributed by atoms with Crippen molar-refractivity contribution in [2.45, 2.75) is 26.8 Å². The molecular formula is C20H21N3O2. The van der Waals surface area contributed by atoms with Gasteiger partial charge in [0, 0.05) is 11.8 Å². The molecule has 0 saturated heterocycles. The Morgan fingerprint density at radius 2 is 1.68 bits per heavy atom. The SMILES string of the molecule is Cc1cc(C)cc(NC(C(=O)Nc2cc(C)on2)c2ccccc2)c1. The van der Waals surface area contributed by atoms with Gasteiger partial charge in [0.25, 0.3) is 5.91 Å². The van der Waals surface area contributed by atoms with Crippen LogP contribution >= 0.6 is 0 Å². The number of hydrogen-bond donors (Lipinski definition) is 2. The minimum atomic E-state index is -0.542. The number of anilines is 2. The smallest absolute Gasteiger partial charge is 0.252 e. The molecule has 0 bridgehead atoms. The van der Waals surface area contributed by atoms with Gasteiger partial charge in [-0.25, -0.2) is 0 Å². The summed E-state index contributed by atoms with van der Waals surface area (Å²) in [6.07, 6.45) is 0. The van der Waals surface area contributed by atoms with Crippen molar-refractivity contribution >= 4 is 17.4 Å². The molecule has 1 atom stereocenters. The van der Waals surface area contributed by atoms with Crippen LogP contribution in [-0.4, -0.2) is 11.1 Å². The lowest BCUT2D eigenvalue weighted by Gasteiger charge is -2.20. The first-order valence-corrected chi connectivity index (χ1v) is 8.15. The van der Waals surface area contributed by atoms with Crippen LogP contribution in [0, 0.1) is 20.8 Å². The molecule has 1 amide bonds. The minimum absolute atomic E-state index is 0.196. The van der Waals surface area contributed by atoms with Gasteiger partial charge in [-0.1, -0.05) is 41.6 Å². The number of carbonyl (C=O) groups excluding carboxylic acids is 1. The number of carbonyl (C=O) groups is 1. The van der Waals surface area contributed by atoms with Crippen LogP contribution in [0.2, 0.25) is 0 Å². The number of nitrogens with one attached hydrogen (secondary N) is 2. The van der Waals surface area contributed by atoms with Crippen LogP contribution in [0.3, 0.4) is 0 Å². The molecule has 0 aliphatic rings. The van der Waals surface area contributed by atoms with Gasteiger partial charge in [0.05, 0.1) is 0 Å². The summed E-state index contributed by atoms with van der Waals surface area (Å²) < 4.78 is 5.02. The molecule has 0 spiro atoms. The first-order chi connectivity index (χ1) is 12.0. The molecule has 3 rings (SSSR count). The first kappa shape index (κ1) is 16.8. The average molecular weight is 335 g/mol. The van der Waals surface area contributed by atoms with Crippen molar-refractivity contribution in [3.8, 4) is 0 Å². The molecule has 3 aromatic rings. The number of aromatic nitrogens is 1. The molecular weight excluding hydrogens is 314 g/mol. The minimum Gasteiger partial charge on any atom is -0.370 e. The maximum absolute atomic E-state index is 12.8. The number of benzene rings is 2. The van der Waals surface area contributed by atoms with Gasteiger partial charge < -0.3 is 15.2 Å². The van der Waals surface area contributed by atoms with Crippen molar-refractivity contribution < 1.29 is 9.32 Å². The molecule has 0 aliphatic carbocycles. The van der Waals surface area contributed by atoms with Gasteiger partial charge in [-0.3, -0.25) is 4.79 Å². The average Bonchev–Trinajstić information content (AvgIpc) is 2.97. The molecule has 2 N–H and O–H groups in total. The third kappa shape index (κ3) is 4.26. The molecule has 25 heavy (non-hydrogen) atoms. The lowest BCUT2D eigenvalue weighted by atomic mass is 10.0. The first-order valence-electron chi connectivity index (χ1n) is 8.15. The van der Waals surface area contributed by atoms with E-state index in [9.17, 15) is 4.79 Å². The van der Waals surface area contributed by atoms with E-state index in [1.54, 1.807) is 13.0 Å². The Kier molecular flexibility index (Phi) is 4.84. The van der Waals surface area contributed by atoms with E-state index in [2.05, 4.69) is 21.9 Å². The fourth-order valence-electron chi connectivity index (χ4n) is 2.79. The van der Waals surface area contributed by atoms with E-state index in [0.29, 0.717) is 11.6 Å². The van der Waals surface area contributed by atoms with E-state index in [4.69, 9.17) is 4.52 Å². The summed E-state index contributed by atoms with van der Waals surface area (Å²) in [5, 5.41) is 9.97. The Labute approximate surface area is 147 Å². The molecule has 5 nitrogen and oxygen atoms in total. The van der Waals surface area contributed by atoms with Gasteiger partial charge >= 0.3 is 0 Å². The van der Waals surface area contributed by atoms with Crippen LogP contribution in [0.4, 0.5) is 11.5 Å². The Hall–Kier alpha value is -3.08.